The minimum Gasteiger partial charge on any atom is -0.495 e. The number of halogens is 1. The number of rotatable bonds is 15. The zero-order chi connectivity index (χ0) is 34.0. The molecule has 0 aliphatic heterocycles. The van der Waals surface area contributed by atoms with Crippen LogP contribution in [-0.2, 0) is 32.6 Å². The Morgan fingerprint density at radius 2 is 1.57 bits per heavy atom. The van der Waals surface area contributed by atoms with Gasteiger partial charge in [0.1, 0.15) is 18.3 Å². The van der Waals surface area contributed by atoms with Gasteiger partial charge in [0.15, 0.2) is 0 Å². The monoisotopic (exact) mass is 675 g/mol. The molecule has 4 rings (SSSR count). The first-order valence-corrected chi connectivity index (χ1v) is 17.4. The maximum absolute atomic E-state index is 14.7. The van der Waals surface area contributed by atoms with E-state index in [0.717, 1.165) is 39.4 Å². The molecule has 10 heteroatoms. The molecule has 0 fully saturated rings. The third-order valence-corrected chi connectivity index (χ3v) is 9.84. The zero-order valence-electron chi connectivity index (χ0n) is 27.3. The number of aryl methyl sites for hydroxylation is 2. The summed E-state index contributed by atoms with van der Waals surface area (Å²) in [5.41, 5.74) is 3.66. The molecule has 0 aliphatic rings. The second-order valence-electron chi connectivity index (χ2n) is 11.5. The number of unbranched alkanes of at least 4 members (excludes halogenated alkanes) is 1. The van der Waals surface area contributed by atoms with Gasteiger partial charge in [0.05, 0.1) is 17.7 Å². The third kappa shape index (κ3) is 9.36. The van der Waals surface area contributed by atoms with E-state index in [0.29, 0.717) is 6.54 Å². The largest absolute Gasteiger partial charge is 0.495 e. The van der Waals surface area contributed by atoms with Gasteiger partial charge in [-0.2, -0.15) is 0 Å². The van der Waals surface area contributed by atoms with Gasteiger partial charge in [0.2, 0.25) is 11.8 Å². The fraction of sp³-hybridized carbons (Fsp3) is 0.297. The summed E-state index contributed by atoms with van der Waals surface area (Å²) in [6.45, 7) is 5.79. The lowest BCUT2D eigenvalue weighted by Gasteiger charge is -2.34. The number of methoxy groups -OCH3 is 1. The molecule has 0 saturated heterocycles. The van der Waals surface area contributed by atoms with Crippen LogP contribution in [-0.4, -0.2) is 51.4 Å². The maximum Gasteiger partial charge on any atom is 0.264 e. The number of hydrogen-bond donors (Lipinski definition) is 1. The lowest BCUT2D eigenvalue weighted by molar-refractivity contribution is -0.140. The van der Waals surface area contributed by atoms with Crippen LogP contribution >= 0.6 is 11.6 Å². The van der Waals surface area contributed by atoms with Crippen LogP contribution in [0.25, 0.3) is 0 Å². The van der Waals surface area contributed by atoms with Crippen molar-refractivity contribution in [1.82, 2.24) is 10.2 Å². The molecular formula is C37H42ClN3O5S. The van der Waals surface area contributed by atoms with Crippen LogP contribution in [0.4, 0.5) is 5.69 Å². The average Bonchev–Trinajstić information content (AvgIpc) is 3.05. The van der Waals surface area contributed by atoms with Gasteiger partial charge in [-0.25, -0.2) is 8.42 Å². The van der Waals surface area contributed by atoms with E-state index in [2.05, 4.69) is 5.32 Å². The summed E-state index contributed by atoms with van der Waals surface area (Å²) in [5.74, 6) is -0.645. The van der Waals surface area contributed by atoms with Crippen molar-refractivity contribution in [2.45, 2.75) is 57.5 Å². The maximum atomic E-state index is 14.7. The third-order valence-electron chi connectivity index (χ3n) is 7.83. The lowest BCUT2D eigenvalue weighted by Crippen LogP contribution is -2.53. The number of amides is 2. The summed E-state index contributed by atoms with van der Waals surface area (Å²) >= 11 is 6.37. The number of carbonyl (C=O) groups is 2. The fourth-order valence-corrected chi connectivity index (χ4v) is 6.86. The molecule has 4 aromatic carbocycles. The molecule has 0 saturated carbocycles. The Morgan fingerprint density at radius 1 is 0.872 bits per heavy atom. The van der Waals surface area contributed by atoms with Crippen molar-refractivity contribution in [2.75, 3.05) is 24.5 Å². The predicted octanol–water partition coefficient (Wildman–Crippen LogP) is 6.72. The minimum absolute atomic E-state index is 0.00121. The standard InChI is InChI=1S/C37H42ClN3O5S/c1-5-6-21-39-37(43)34(23-29-12-8-7-9-13-29)40(25-30-14-10-11-28(3)22-30)36(42)26-41(33-24-31(38)17-20-35(33)46-4)47(44,45)32-18-15-27(2)16-19-32/h7-20,22,24,34H,5-6,21,23,25-26H2,1-4H3,(H,39,43)/t34-/m1/s1. The van der Waals surface area contributed by atoms with Gasteiger partial charge in [-0.1, -0.05) is 103 Å². The molecular weight excluding hydrogens is 634 g/mol. The molecule has 0 bridgehead atoms. The van der Waals surface area contributed by atoms with Crippen LogP contribution in [0.3, 0.4) is 0 Å². The highest BCUT2D eigenvalue weighted by atomic mass is 35.5. The summed E-state index contributed by atoms with van der Waals surface area (Å²) < 4.78 is 35.2. The number of nitrogens with zero attached hydrogens (tertiary/aromatic N) is 2. The number of benzene rings is 4. The first kappa shape index (κ1) is 35.5. The Morgan fingerprint density at radius 3 is 2.23 bits per heavy atom. The summed E-state index contributed by atoms with van der Waals surface area (Å²) in [6, 6.07) is 27.3. The molecule has 2 amide bonds. The smallest absolute Gasteiger partial charge is 0.264 e. The Balaban J connectivity index is 1.84. The van der Waals surface area contributed by atoms with Gasteiger partial charge < -0.3 is 15.0 Å². The van der Waals surface area contributed by atoms with Crippen molar-refractivity contribution in [3.05, 3.63) is 124 Å². The van der Waals surface area contributed by atoms with E-state index in [4.69, 9.17) is 16.3 Å². The van der Waals surface area contributed by atoms with Gasteiger partial charge in [-0.05, 0) is 61.7 Å². The van der Waals surface area contributed by atoms with E-state index in [-0.39, 0.29) is 40.2 Å². The highest BCUT2D eigenvalue weighted by Crippen LogP contribution is 2.35. The predicted molar refractivity (Wildman–Crippen MR) is 187 cm³/mol. The molecule has 0 radical (unpaired) electrons. The van der Waals surface area contributed by atoms with Crippen LogP contribution in [0.15, 0.2) is 102 Å². The SMILES string of the molecule is CCCCNC(=O)[C@@H](Cc1ccccc1)N(Cc1cccc(C)c1)C(=O)CN(c1cc(Cl)ccc1OC)S(=O)(=O)c1ccc(C)cc1. The van der Waals surface area contributed by atoms with Gasteiger partial charge in [0, 0.05) is 24.5 Å². The van der Waals surface area contributed by atoms with Crippen LogP contribution in [0.2, 0.25) is 5.02 Å². The number of ether oxygens (including phenoxy) is 1. The molecule has 47 heavy (non-hydrogen) atoms. The second kappa shape index (κ2) is 16.5. The first-order chi connectivity index (χ1) is 22.5. The summed E-state index contributed by atoms with van der Waals surface area (Å²) in [6.07, 6.45) is 1.91. The van der Waals surface area contributed by atoms with Gasteiger partial charge in [-0.15, -0.1) is 0 Å². The number of nitrogens with one attached hydrogen (secondary N) is 1. The van der Waals surface area contributed by atoms with Crippen molar-refractivity contribution < 1.29 is 22.7 Å². The number of anilines is 1. The Bertz CT molecular complexity index is 1760. The number of hydrogen-bond acceptors (Lipinski definition) is 5. The van der Waals surface area contributed by atoms with E-state index in [1.54, 1.807) is 24.3 Å². The van der Waals surface area contributed by atoms with Crippen LogP contribution in [0.1, 0.15) is 42.0 Å². The summed E-state index contributed by atoms with van der Waals surface area (Å²) in [4.78, 5) is 30.1. The van der Waals surface area contributed by atoms with E-state index in [9.17, 15) is 18.0 Å². The normalized spacial score (nSPS) is 11.9. The number of carbonyl (C=O) groups excluding carboxylic acids is 2. The zero-order valence-corrected chi connectivity index (χ0v) is 28.9. The molecule has 0 aromatic heterocycles. The summed E-state index contributed by atoms with van der Waals surface area (Å²) in [7, 11) is -2.88. The molecule has 1 N–H and O–H groups in total. The molecule has 4 aromatic rings. The van der Waals surface area contributed by atoms with Gasteiger partial charge in [0.25, 0.3) is 10.0 Å². The van der Waals surface area contributed by atoms with E-state index in [1.807, 2.05) is 75.4 Å². The molecule has 248 valence electrons. The van der Waals surface area contributed by atoms with E-state index in [1.165, 1.54) is 30.2 Å². The van der Waals surface area contributed by atoms with Gasteiger partial charge >= 0.3 is 0 Å². The lowest BCUT2D eigenvalue weighted by atomic mass is 10.0. The van der Waals surface area contributed by atoms with Gasteiger partial charge in [-0.3, -0.25) is 13.9 Å². The fourth-order valence-electron chi connectivity index (χ4n) is 5.28. The van der Waals surface area contributed by atoms with Crippen molar-refractivity contribution in [3.8, 4) is 5.75 Å². The second-order valence-corrected chi connectivity index (χ2v) is 13.8. The summed E-state index contributed by atoms with van der Waals surface area (Å²) in [5, 5.41) is 3.28. The van der Waals surface area contributed by atoms with Crippen molar-refractivity contribution in [3.63, 3.8) is 0 Å². The molecule has 8 nitrogen and oxygen atoms in total. The van der Waals surface area contributed by atoms with E-state index < -0.39 is 28.5 Å². The van der Waals surface area contributed by atoms with Crippen molar-refractivity contribution in [2.24, 2.45) is 0 Å². The topological polar surface area (TPSA) is 96.0 Å². The molecule has 0 unspecified atom stereocenters. The van der Waals surface area contributed by atoms with Crippen molar-refractivity contribution in [1.29, 1.82) is 0 Å². The Hall–Kier alpha value is -4.34. The highest BCUT2D eigenvalue weighted by molar-refractivity contribution is 7.92. The van der Waals surface area contributed by atoms with E-state index >= 15 is 0 Å². The first-order valence-electron chi connectivity index (χ1n) is 15.6. The Labute approximate surface area is 283 Å². The molecule has 0 spiro atoms. The number of sulfonamides is 1. The Kier molecular flexibility index (Phi) is 12.4. The van der Waals surface area contributed by atoms with Crippen molar-refractivity contribution >= 4 is 39.1 Å². The minimum atomic E-state index is -4.30. The van der Waals surface area contributed by atoms with Crippen LogP contribution < -0.4 is 14.4 Å². The quantitative estimate of drug-likeness (QED) is 0.141. The molecule has 1 atom stereocenters. The average molecular weight is 676 g/mol. The van der Waals surface area contributed by atoms with Crippen LogP contribution in [0, 0.1) is 13.8 Å². The highest BCUT2D eigenvalue weighted by Gasteiger charge is 2.35. The molecule has 0 aliphatic carbocycles. The molecule has 0 heterocycles. The van der Waals surface area contributed by atoms with Crippen LogP contribution in [0.5, 0.6) is 5.75 Å².